The molecular formula is C16H20N2O4. The fraction of sp³-hybridized carbons (Fsp3) is 0.375. The monoisotopic (exact) mass is 304 g/mol. The maximum Gasteiger partial charge on any atom is 0.414 e. The molecule has 0 unspecified atom stereocenters. The van der Waals surface area contributed by atoms with E-state index in [1.54, 1.807) is 33.3 Å². The quantitative estimate of drug-likeness (QED) is 0.801. The van der Waals surface area contributed by atoms with Crippen LogP contribution in [0.25, 0.3) is 0 Å². The first-order chi connectivity index (χ1) is 10.4. The van der Waals surface area contributed by atoms with Crippen LogP contribution in [-0.4, -0.2) is 44.7 Å². The lowest BCUT2D eigenvalue weighted by molar-refractivity contribution is -0.138. The Hall–Kier alpha value is -2.50. The number of amides is 1. The van der Waals surface area contributed by atoms with Crippen molar-refractivity contribution in [3.05, 3.63) is 35.5 Å². The first kappa shape index (κ1) is 15.9. The van der Waals surface area contributed by atoms with Gasteiger partial charge in [0.05, 0.1) is 12.2 Å². The predicted molar refractivity (Wildman–Crippen MR) is 83.0 cm³/mol. The zero-order valence-electron chi connectivity index (χ0n) is 13.3. The summed E-state index contributed by atoms with van der Waals surface area (Å²) in [7, 11) is 5.08. The lowest BCUT2D eigenvalue weighted by atomic mass is 9.99. The van der Waals surface area contributed by atoms with Crippen LogP contribution >= 0.6 is 0 Å². The predicted octanol–water partition coefficient (Wildman–Crippen LogP) is 2.19. The second kappa shape index (κ2) is 6.51. The van der Waals surface area contributed by atoms with E-state index in [2.05, 4.69) is 0 Å². The first-order valence-electron chi connectivity index (χ1n) is 7.05. The first-order valence-corrected chi connectivity index (χ1v) is 7.05. The van der Waals surface area contributed by atoms with Gasteiger partial charge >= 0.3 is 12.1 Å². The van der Waals surface area contributed by atoms with Crippen molar-refractivity contribution < 1.29 is 19.1 Å². The van der Waals surface area contributed by atoms with Crippen molar-refractivity contribution in [3.8, 4) is 5.75 Å². The van der Waals surface area contributed by atoms with Crippen molar-refractivity contribution in [2.45, 2.75) is 13.3 Å². The minimum absolute atomic E-state index is 0.323. The number of rotatable bonds is 3. The van der Waals surface area contributed by atoms with Crippen molar-refractivity contribution >= 4 is 17.7 Å². The Morgan fingerprint density at radius 3 is 2.68 bits per heavy atom. The Bertz CT molecular complexity index is 623. The van der Waals surface area contributed by atoms with E-state index in [0.29, 0.717) is 24.4 Å². The molecule has 1 heterocycles. The molecular weight excluding hydrogens is 284 g/mol. The lowest BCUT2D eigenvalue weighted by Gasteiger charge is -2.27. The average molecular weight is 304 g/mol. The molecule has 0 saturated heterocycles. The Morgan fingerprint density at radius 1 is 1.32 bits per heavy atom. The number of hydrogen-bond acceptors (Lipinski definition) is 5. The van der Waals surface area contributed by atoms with Crippen LogP contribution in [0, 0.1) is 0 Å². The van der Waals surface area contributed by atoms with Crippen molar-refractivity contribution in [3.63, 3.8) is 0 Å². The summed E-state index contributed by atoms with van der Waals surface area (Å²) in [6.07, 6.45) is 1.66. The minimum atomic E-state index is -0.455. The van der Waals surface area contributed by atoms with Gasteiger partial charge in [0.2, 0.25) is 0 Å². The van der Waals surface area contributed by atoms with Crippen LogP contribution < -0.4 is 9.64 Å². The fourth-order valence-electron chi connectivity index (χ4n) is 2.23. The van der Waals surface area contributed by atoms with Crippen LogP contribution in [0.3, 0.4) is 0 Å². The minimum Gasteiger partial charge on any atom is -0.463 e. The molecule has 1 amide bonds. The highest BCUT2D eigenvalue weighted by Crippen LogP contribution is 2.35. The summed E-state index contributed by atoms with van der Waals surface area (Å²) < 4.78 is 10.4. The third-order valence-corrected chi connectivity index (χ3v) is 3.31. The zero-order valence-corrected chi connectivity index (χ0v) is 13.3. The Morgan fingerprint density at radius 2 is 2.05 bits per heavy atom. The topological polar surface area (TPSA) is 59.1 Å². The van der Waals surface area contributed by atoms with E-state index in [1.165, 1.54) is 4.90 Å². The maximum atomic E-state index is 12.0. The van der Waals surface area contributed by atoms with Gasteiger partial charge in [-0.15, -0.1) is 0 Å². The molecule has 0 spiro atoms. The van der Waals surface area contributed by atoms with Gasteiger partial charge in [-0.25, -0.2) is 9.59 Å². The highest BCUT2D eigenvalue weighted by molar-refractivity contribution is 5.91. The Labute approximate surface area is 129 Å². The second-order valence-corrected chi connectivity index (χ2v) is 5.18. The third-order valence-electron chi connectivity index (χ3n) is 3.31. The average Bonchev–Trinajstić information content (AvgIpc) is 2.48. The van der Waals surface area contributed by atoms with Crippen molar-refractivity contribution in [2.24, 2.45) is 0 Å². The molecule has 118 valence electrons. The highest BCUT2D eigenvalue weighted by atomic mass is 16.6. The van der Waals surface area contributed by atoms with Gasteiger partial charge in [0.1, 0.15) is 5.75 Å². The largest absolute Gasteiger partial charge is 0.463 e. The van der Waals surface area contributed by atoms with E-state index in [9.17, 15) is 9.59 Å². The molecule has 0 aliphatic carbocycles. The summed E-state index contributed by atoms with van der Waals surface area (Å²) in [5, 5.41) is 0. The zero-order chi connectivity index (χ0) is 16.3. The summed E-state index contributed by atoms with van der Waals surface area (Å²) in [5.41, 5.74) is 2.23. The number of carbonyl (C=O) groups is 2. The van der Waals surface area contributed by atoms with E-state index >= 15 is 0 Å². The molecule has 22 heavy (non-hydrogen) atoms. The molecule has 1 aliphatic heterocycles. The standard InChI is InChI=1S/C16H20N2O4/c1-5-21-15(19)11-9-12-13(18(4)10-11)7-6-8-14(12)22-16(20)17(2)3/h6-8,10H,5,9H2,1-4H3. The molecule has 0 N–H and O–H groups in total. The number of esters is 1. The summed E-state index contributed by atoms with van der Waals surface area (Å²) in [5.74, 6) is 0.103. The summed E-state index contributed by atoms with van der Waals surface area (Å²) in [6.45, 7) is 2.09. The smallest absolute Gasteiger partial charge is 0.414 e. The van der Waals surface area contributed by atoms with Gasteiger partial charge < -0.3 is 19.3 Å². The molecule has 1 aromatic carbocycles. The van der Waals surface area contributed by atoms with Crippen molar-refractivity contribution in [2.75, 3.05) is 32.6 Å². The van der Waals surface area contributed by atoms with Crippen LogP contribution in [-0.2, 0) is 16.0 Å². The maximum absolute atomic E-state index is 12.0. The van der Waals surface area contributed by atoms with Crippen LogP contribution in [0.15, 0.2) is 30.0 Å². The molecule has 1 aromatic rings. The number of benzene rings is 1. The Balaban J connectivity index is 2.32. The van der Waals surface area contributed by atoms with Gasteiger partial charge in [0, 0.05) is 45.0 Å². The number of anilines is 1. The summed E-state index contributed by atoms with van der Waals surface area (Å²) in [6, 6.07) is 5.46. The number of hydrogen-bond donors (Lipinski definition) is 0. The van der Waals surface area contributed by atoms with Gasteiger partial charge in [-0.05, 0) is 19.1 Å². The summed E-state index contributed by atoms with van der Waals surface area (Å²) in [4.78, 5) is 26.9. The number of ether oxygens (including phenoxy) is 2. The molecule has 1 aliphatic rings. The molecule has 0 aromatic heterocycles. The molecule has 0 bridgehead atoms. The van der Waals surface area contributed by atoms with Gasteiger partial charge in [-0.1, -0.05) is 6.07 Å². The fourth-order valence-corrected chi connectivity index (χ4v) is 2.23. The van der Waals surface area contributed by atoms with Gasteiger partial charge in [0.25, 0.3) is 0 Å². The third kappa shape index (κ3) is 3.21. The van der Waals surface area contributed by atoms with Crippen LogP contribution in [0.4, 0.5) is 10.5 Å². The summed E-state index contributed by atoms with van der Waals surface area (Å²) >= 11 is 0. The van der Waals surface area contributed by atoms with E-state index in [4.69, 9.17) is 9.47 Å². The Kier molecular flexibility index (Phi) is 4.70. The van der Waals surface area contributed by atoms with E-state index in [1.807, 2.05) is 24.1 Å². The number of nitrogens with zero attached hydrogens (tertiary/aromatic N) is 2. The van der Waals surface area contributed by atoms with E-state index in [0.717, 1.165) is 11.3 Å². The van der Waals surface area contributed by atoms with Crippen molar-refractivity contribution in [1.29, 1.82) is 0 Å². The van der Waals surface area contributed by atoms with E-state index in [-0.39, 0.29) is 5.97 Å². The van der Waals surface area contributed by atoms with Gasteiger partial charge in [-0.2, -0.15) is 0 Å². The molecule has 0 atom stereocenters. The molecule has 6 nitrogen and oxygen atoms in total. The molecule has 2 rings (SSSR count). The van der Waals surface area contributed by atoms with Crippen LogP contribution in [0.5, 0.6) is 5.75 Å². The molecule has 0 radical (unpaired) electrons. The van der Waals surface area contributed by atoms with Crippen LogP contribution in [0.1, 0.15) is 12.5 Å². The SMILES string of the molecule is CCOC(=O)C1=CN(C)c2cccc(OC(=O)N(C)C)c2C1. The molecule has 6 heteroatoms. The normalized spacial score (nSPS) is 13.1. The highest BCUT2D eigenvalue weighted by Gasteiger charge is 2.24. The lowest BCUT2D eigenvalue weighted by Crippen LogP contribution is -2.27. The van der Waals surface area contributed by atoms with Gasteiger partial charge in [-0.3, -0.25) is 0 Å². The second-order valence-electron chi connectivity index (χ2n) is 5.18. The molecule has 0 fully saturated rings. The number of carbonyl (C=O) groups excluding carboxylic acids is 2. The number of fused-ring (bicyclic) bond motifs is 1. The van der Waals surface area contributed by atoms with E-state index < -0.39 is 6.09 Å². The van der Waals surface area contributed by atoms with Crippen molar-refractivity contribution in [1.82, 2.24) is 4.90 Å². The van der Waals surface area contributed by atoms with Gasteiger partial charge in [0.15, 0.2) is 0 Å². The van der Waals surface area contributed by atoms with Crippen LogP contribution in [0.2, 0.25) is 0 Å². The molecule has 0 saturated carbocycles.